The molecule has 1 aromatic carbocycles. The quantitative estimate of drug-likeness (QED) is 0.423. The first-order chi connectivity index (χ1) is 13.3. The predicted molar refractivity (Wildman–Crippen MR) is 110 cm³/mol. The largest absolute Gasteiger partial charge is 0.478 e. The lowest BCUT2D eigenvalue weighted by Crippen LogP contribution is -2.37. The number of aromatic amines is 1. The molecule has 0 unspecified atom stereocenters. The second kappa shape index (κ2) is 9.62. The number of hydrogen-bond donors (Lipinski definition) is 3. The lowest BCUT2D eigenvalue weighted by Gasteiger charge is -2.12. The van der Waals surface area contributed by atoms with Crippen molar-refractivity contribution in [3.8, 4) is 5.88 Å². The summed E-state index contributed by atoms with van der Waals surface area (Å²) < 4.78 is 5.51. The molecule has 142 valence electrons. The summed E-state index contributed by atoms with van der Waals surface area (Å²) in [6.07, 6.45) is 5.81. The number of ether oxygens (including phenoxy) is 1. The lowest BCUT2D eigenvalue weighted by atomic mass is 10.1. The minimum Gasteiger partial charge on any atom is -0.478 e. The van der Waals surface area contributed by atoms with Gasteiger partial charge in [-0.3, -0.25) is 4.99 Å². The van der Waals surface area contributed by atoms with Crippen molar-refractivity contribution in [3.05, 3.63) is 59.9 Å². The van der Waals surface area contributed by atoms with Crippen LogP contribution < -0.4 is 15.4 Å². The molecule has 0 atom stereocenters. The standard InChI is InChI=1S/C21H27N5O/c1-3-12-27-20-9-8-16(13-25-20)14-26-21(22-2)23-11-10-17-15-24-19-7-5-4-6-18(17)19/h4-9,13,15,24H,3,10-12,14H2,1-2H3,(H2,22,23,26). The first-order valence-corrected chi connectivity index (χ1v) is 9.37. The van der Waals surface area contributed by atoms with E-state index < -0.39 is 0 Å². The minimum absolute atomic E-state index is 0.661. The smallest absolute Gasteiger partial charge is 0.213 e. The topological polar surface area (TPSA) is 74.3 Å². The summed E-state index contributed by atoms with van der Waals surface area (Å²) in [5, 5.41) is 7.95. The Morgan fingerprint density at radius 2 is 2.07 bits per heavy atom. The predicted octanol–water partition coefficient (Wildman–Crippen LogP) is 3.26. The van der Waals surface area contributed by atoms with Crippen molar-refractivity contribution in [2.24, 2.45) is 4.99 Å². The van der Waals surface area contributed by atoms with Gasteiger partial charge in [0.1, 0.15) is 0 Å². The van der Waals surface area contributed by atoms with Gasteiger partial charge in [-0.2, -0.15) is 0 Å². The highest BCUT2D eigenvalue weighted by molar-refractivity contribution is 5.83. The Balaban J connectivity index is 1.45. The molecule has 0 aliphatic rings. The van der Waals surface area contributed by atoms with Gasteiger partial charge in [-0.05, 0) is 30.0 Å². The number of fused-ring (bicyclic) bond motifs is 1. The molecule has 3 aromatic rings. The molecule has 0 aliphatic heterocycles. The van der Waals surface area contributed by atoms with E-state index in [2.05, 4.69) is 56.9 Å². The Bertz CT molecular complexity index is 870. The molecule has 6 heteroatoms. The van der Waals surface area contributed by atoms with E-state index in [4.69, 9.17) is 4.74 Å². The second-order valence-electron chi connectivity index (χ2n) is 6.32. The summed E-state index contributed by atoms with van der Waals surface area (Å²) >= 11 is 0. The zero-order chi connectivity index (χ0) is 18.9. The molecule has 0 aliphatic carbocycles. The van der Waals surface area contributed by atoms with E-state index in [0.717, 1.165) is 30.9 Å². The number of benzene rings is 1. The first kappa shape index (κ1) is 18.8. The molecule has 0 fully saturated rings. The maximum absolute atomic E-state index is 5.51. The molecule has 0 amide bonds. The molecule has 2 heterocycles. The Morgan fingerprint density at radius 3 is 2.85 bits per heavy atom. The molecular formula is C21H27N5O. The van der Waals surface area contributed by atoms with Crippen molar-refractivity contribution in [1.82, 2.24) is 20.6 Å². The van der Waals surface area contributed by atoms with Crippen LogP contribution in [0, 0.1) is 0 Å². The van der Waals surface area contributed by atoms with Crippen LogP contribution in [0.5, 0.6) is 5.88 Å². The molecule has 0 radical (unpaired) electrons. The lowest BCUT2D eigenvalue weighted by molar-refractivity contribution is 0.305. The molecule has 3 rings (SSSR count). The summed E-state index contributed by atoms with van der Waals surface area (Å²) in [6.45, 7) is 4.24. The van der Waals surface area contributed by atoms with Crippen molar-refractivity contribution in [2.45, 2.75) is 26.3 Å². The van der Waals surface area contributed by atoms with Crippen molar-refractivity contribution >= 4 is 16.9 Å². The van der Waals surface area contributed by atoms with E-state index in [9.17, 15) is 0 Å². The average molecular weight is 365 g/mol. The number of para-hydroxylation sites is 1. The van der Waals surface area contributed by atoms with Crippen molar-refractivity contribution < 1.29 is 4.74 Å². The van der Waals surface area contributed by atoms with Crippen LogP contribution in [-0.4, -0.2) is 36.1 Å². The van der Waals surface area contributed by atoms with Crippen LogP contribution in [0.2, 0.25) is 0 Å². The normalized spacial score (nSPS) is 11.6. The molecular weight excluding hydrogens is 338 g/mol. The number of guanidine groups is 1. The second-order valence-corrected chi connectivity index (χ2v) is 6.32. The fourth-order valence-corrected chi connectivity index (χ4v) is 2.87. The Kier molecular flexibility index (Phi) is 6.68. The van der Waals surface area contributed by atoms with Crippen LogP contribution in [0.1, 0.15) is 24.5 Å². The Morgan fingerprint density at radius 1 is 1.19 bits per heavy atom. The van der Waals surface area contributed by atoms with Crippen LogP contribution in [0.3, 0.4) is 0 Å². The van der Waals surface area contributed by atoms with Gasteiger partial charge in [0.15, 0.2) is 5.96 Å². The molecule has 0 saturated carbocycles. The minimum atomic E-state index is 0.661. The van der Waals surface area contributed by atoms with E-state index in [0.29, 0.717) is 19.0 Å². The van der Waals surface area contributed by atoms with Crippen molar-refractivity contribution in [2.75, 3.05) is 20.2 Å². The van der Waals surface area contributed by atoms with Gasteiger partial charge >= 0.3 is 0 Å². The first-order valence-electron chi connectivity index (χ1n) is 9.37. The number of aliphatic imine (C=N–C) groups is 1. The van der Waals surface area contributed by atoms with Crippen LogP contribution in [0.15, 0.2) is 53.8 Å². The third-order valence-electron chi connectivity index (χ3n) is 4.30. The number of aromatic nitrogens is 2. The number of H-pyrrole nitrogens is 1. The SMILES string of the molecule is CCCOc1ccc(CNC(=NC)NCCc2c[nH]c3ccccc23)cn1. The van der Waals surface area contributed by atoms with Gasteiger partial charge in [-0.15, -0.1) is 0 Å². The molecule has 2 aromatic heterocycles. The molecule has 0 saturated heterocycles. The van der Waals surface area contributed by atoms with E-state index >= 15 is 0 Å². The molecule has 0 spiro atoms. The molecule has 27 heavy (non-hydrogen) atoms. The van der Waals surface area contributed by atoms with Crippen LogP contribution >= 0.6 is 0 Å². The molecule has 6 nitrogen and oxygen atoms in total. The fourth-order valence-electron chi connectivity index (χ4n) is 2.87. The van der Waals surface area contributed by atoms with Gasteiger partial charge in [-0.1, -0.05) is 31.2 Å². The van der Waals surface area contributed by atoms with E-state index in [1.54, 1.807) is 7.05 Å². The average Bonchev–Trinajstić information content (AvgIpc) is 3.13. The van der Waals surface area contributed by atoms with Crippen molar-refractivity contribution in [3.63, 3.8) is 0 Å². The Labute approximate surface area is 160 Å². The van der Waals surface area contributed by atoms with Gasteiger partial charge in [0.2, 0.25) is 5.88 Å². The zero-order valence-electron chi connectivity index (χ0n) is 16.0. The summed E-state index contributed by atoms with van der Waals surface area (Å²) in [4.78, 5) is 11.9. The maximum Gasteiger partial charge on any atom is 0.213 e. The number of rotatable bonds is 8. The number of pyridine rings is 1. The highest BCUT2D eigenvalue weighted by Crippen LogP contribution is 2.17. The van der Waals surface area contributed by atoms with Crippen LogP contribution in [0.4, 0.5) is 0 Å². The Hall–Kier alpha value is -3.02. The van der Waals surface area contributed by atoms with E-state index in [1.165, 1.54) is 16.5 Å². The van der Waals surface area contributed by atoms with E-state index in [-0.39, 0.29) is 0 Å². The van der Waals surface area contributed by atoms with Crippen LogP contribution in [0.25, 0.3) is 10.9 Å². The third-order valence-corrected chi connectivity index (χ3v) is 4.30. The monoisotopic (exact) mass is 365 g/mol. The van der Waals surface area contributed by atoms with Crippen molar-refractivity contribution in [1.29, 1.82) is 0 Å². The van der Waals surface area contributed by atoms with E-state index in [1.807, 2.05) is 24.4 Å². The highest BCUT2D eigenvalue weighted by Gasteiger charge is 2.04. The van der Waals surface area contributed by atoms with Gasteiger partial charge < -0.3 is 20.4 Å². The zero-order valence-corrected chi connectivity index (χ0v) is 16.0. The number of nitrogens with one attached hydrogen (secondary N) is 3. The summed E-state index contributed by atoms with van der Waals surface area (Å²) in [6, 6.07) is 12.3. The van der Waals surface area contributed by atoms with Gasteiger partial charge in [0.25, 0.3) is 0 Å². The number of hydrogen-bond acceptors (Lipinski definition) is 3. The summed E-state index contributed by atoms with van der Waals surface area (Å²) in [5.74, 6) is 1.45. The van der Waals surface area contributed by atoms with Gasteiger partial charge in [-0.25, -0.2) is 4.98 Å². The molecule has 3 N–H and O–H groups in total. The fraction of sp³-hybridized carbons (Fsp3) is 0.333. The third kappa shape index (κ3) is 5.23. The maximum atomic E-state index is 5.51. The van der Waals surface area contributed by atoms with Gasteiger partial charge in [0, 0.05) is 49.5 Å². The summed E-state index contributed by atoms with van der Waals surface area (Å²) in [7, 11) is 1.78. The van der Waals surface area contributed by atoms with Crippen LogP contribution in [-0.2, 0) is 13.0 Å². The summed E-state index contributed by atoms with van der Waals surface area (Å²) in [5.41, 5.74) is 3.56. The van der Waals surface area contributed by atoms with Gasteiger partial charge in [0.05, 0.1) is 6.61 Å². The highest BCUT2D eigenvalue weighted by atomic mass is 16.5. The molecule has 0 bridgehead atoms. The number of nitrogens with zero attached hydrogens (tertiary/aromatic N) is 2.